The Morgan fingerprint density at radius 1 is 1.42 bits per heavy atom. The molecule has 3 N–H and O–H groups in total. The highest BCUT2D eigenvalue weighted by Crippen LogP contribution is 2.29. The second-order valence-corrected chi connectivity index (χ2v) is 4.52. The molecule has 0 saturated carbocycles. The Morgan fingerprint density at radius 2 is 2.21 bits per heavy atom. The maximum atomic E-state index is 13.9. The van der Waals surface area contributed by atoms with Gasteiger partial charge in [0.1, 0.15) is 11.6 Å². The molecule has 1 amide bonds. The molecule has 1 unspecified atom stereocenters. The predicted octanol–water partition coefficient (Wildman–Crippen LogP) is 1.35. The molecule has 1 aromatic heterocycles. The third-order valence-corrected chi connectivity index (χ3v) is 3.34. The average molecular weight is 266 g/mol. The fraction of sp³-hybridized carbons (Fsp3) is 0.333. The number of carbonyl (C=O) groups excluding carboxylic acids is 1. The molecular weight excluding hydrogens is 254 g/mol. The fourth-order valence-electron chi connectivity index (χ4n) is 2.46. The average Bonchev–Trinajstić information content (AvgIpc) is 2.72. The summed E-state index contributed by atoms with van der Waals surface area (Å²) >= 11 is 0. The Labute approximate surface area is 107 Å². The van der Waals surface area contributed by atoms with Crippen molar-refractivity contribution < 1.29 is 13.6 Å². The van der Waals surface area contributed by atoms with E-state index in [0.717, 1.165) is 12.5 Å². The number of hydrogen-bond acceptors (Lipinski definition) is 3. The van der Waals surface area contributed by atoms with Crippen LogP contribution in [0.2, 0.25) is 0 Å². The third-order valence-electron chi connectivity index (χ3n) is 3.34. The number of fused-ring (bicyclic) bond motifs is 1. The molecule has 19 heavy (non-hydrogen) atoms. The quantitative estimate of drug-likeness (QED) is 0.818. The summed E-state index contributed by atoms with van der Waals surface area (Å²) in [4.78, 5) is 15.8. The number of nitrogens with zero attached hydrogens (tertiary/aromatic N) is 2. The molecule has 5 nitrogen and oxygen atoms in total. The normalized spacial score (nSPS) is 19.7. The van der Waals surface area contributed by atoms with E-state index in [1.807, 2.05) is 0 Å². The number of benzene rings is 1. The predicted molar refractivity (Wildman–Crippen MR) is 65.3 cm³/mol. The van der Waals surface area contributed by atoms with Crippen molar-refractivity contribution in [2.75, 3.05) is 12.3 Å². The lowest BCUT2D eigenvalue weighted by Crippen LogP contribution is -2.38. The van der Waals surface area contributed by atoms with E-state index in [9.17, 15) is 13.6 Å². The number of nitrogen functional groups attached to an aromatic ring is 1. The lowest BCUT2D eigenvalue weighted by atomic mass is 10.1. The van der Waals surface area contributed by atoms with Crippen LogP contribution in [0, 0.1) is 11.6 Å². The van der Waals surface area contributed by atoms with Crippen molar-refractivity contribution in [3.8, 4) is 0 Å². The number of rotatable bonds is 1. The number of hydrogen-bond donors (Lipinski definition) is 2. The van der Waals surface area contributed by atoms with Gasteiger partial charge in [0.15, 0.2) is 11.6 Å². The summed E-state index contributed by atoms with van der Waals surface area (Å²) in [5, 5.41) is 2.69. The van der Waals surface area contributed by atoms with Gasteiger partial charge >= 0.3 is 0 Å². The van der Waals surface area contributed by atoms with Gasteiger partial charge in [-0.1, -0.05) is 0 Å². The van der Waals surface area contributed by atoms with Crippen LogP contribution >= 0.6 is 0 Å². The largest absolute Gasteiger partial charge is 0.369 e. The topological polar surface area (TPSA) is 72.9 Å². The molecule has 1 atom stereocenters. The van der Waals surface area contributed by atoms with Gasteiger partial charge < -0.3 is 11.1 Å². The van der Waals surface area contributed by atoms with Gasteiger partial charge in [0.05, 0.1) is 5.52 Å². The number of nitrogens with two attached hydrogens (primary N) is 1. The zero-order valence-electron chi connectivity index (χ0n) is 9.99. The summed E-state index contributed by atoms with van der Waals surface area (Å²) in [5.41, 5.74) is 5.94. The first kappa shape index (κ1) is 11.9. The fourth-order valence-corrected chi connectivity index (χ4v) is 2.46. The molecule has 0 bridgehead atoms. The molecule has 7 heteroatoms. The summed E-state index contributed by atoms with van der Waals surface area (Å²) in [7, 11) is 0. The maximum Gasteiger partial charge on any atom is 0.243 e. The van der Waals surface area contributed by atoms with Crippen molar-refractivity contribution in [2.45, 2.75) is 18.9 Å². The van der Waals surface area contributed by atoms with Gasteiger partial charge in [-0.15, -0.1) is 0 Å². The number of aromatic nitrogens is 2. The van der Waals surface area contributed by atoms with Gasteiger partial charge in [0.2, 0.25) is 11.9 Å². The van der Waals surface area contributed by atoms with Gasteiger partial charge in [-0.25, -0.2) is 13.8 Å². The molecule has 1 saturated heterocycles. The molecule has 0 radical (unpaired) electrons. The lowest BCUT2D eigenvalue weighted by molar-refractivity contribution is -0.125. The van der Waals surface area contributed by atoms with Crippen LogP contribution in [0.3, 0.4) is 0 Å². The molecule has 1 aliphatic heterocycles. The molecular formula is C12H12F2N4O. The van der Waals surface area contributed by atoms with Crippen LogP contribution in [0.25, 0.3) is 11.0 Å². The molecule has 100 valence electrons. The van der Waals surface area contributed by atoms with Gasteiger partial charge in [0, 0.05) is 6.54 Å². The van der Waals surface area contributed by atoms with Crippen molar-refractivity contribution in [1.29, 1.82) is 0 Å². The van der Waals surface area contributed by atoms with Crippen LogP contribution < -0.4 is 11.1 Å². The van der Waals surface area contributed by atoms with Gasteiger partial charge in [-0.05, 0) is 25.0 Å². The van der Waals surface area contributed by atoms with Crippen molar-refractivity contribution in [1.82, 2.24) is 14.9 Å². The van der Waals surface area contributed by atoms with Crippen LogP contribution in [0.15, 0.2) is 12.1 Å². The van der Waals surface area contributed by atoms with E-state index in [4.69, 9.17) is 5.73 Å². The summed E-state index contributed by atoms with van der Waals surface area (Å²) < 4.78 is 28.6. The zero-order valence-corrected chi connectivity index (χ0v) is 9.99. The van der Waals surface area contributed by atoms with Crippen molar-refractivity contribution in [3.05, 3.63) is 23.8 Å². The van der Waals surface area contributed by atoms with Crippen LogP contribution in [0.4, 0.5) is 14.7 Å². The summed E-state index contributed by atoms with van der Waals surface area (Å²) in [6.07, 6.45) is 1.28. The molecule has 0 spiro atoms. The molecule has 2 heterocycles. The first-order valence-electron chi connectivity index (χ1n) is 5.98. The Kier molecular flexibility index (Phi) is 2.62. The van der Waals surface area contributed by atoms with Gasteiger partial charge in [0.25, 0.3) is 0 Å². The van der Waals surface area contributed by atoms with E-state index in [1.54, 1.807) is 0 Å². The van der Waals surface area contributed by atoms with E-state index in [-0.39, 0.29) is 22.9 Å². The van der Waals surface area contributed by atoms with Gasteiger partial charge in [-0.3, -0.25) is 9.36 Å². The summed E-state index contributed by atoms with van der Waals surface area (Å²) in [6.45, 7) is 0.582. The smallest absolute Gasteiger partial charge is 0.243 e. The summed E-state index contributed by atoms with van der Waals surface area (Å²) in [6, 6.07) is 1.70. The maximum absolute atomic E-state index is 13.9. The number of carbonyl (C=O) groups is 1. The Hall–Kier alpha value is -2.18. The van der Waals surface area contributed by atoms with E-state index >= 15 is 0 Å². The summed E-state index contributed by atoms with van der Waals surface area (Å²) in [5.74, 6) is -2.24. The Morgan fingerprint density at radius 3 is 2.95 bits per heavy atom. The minimum Gasteiger partial charge on any atom is -0.369 e. The monoisotopic (exact) mass is 266 g/mol. The van der Waals surface area contributed by atoms with E-state index in [0.29, 0.717) is 13.0 Å². The first-order chi connectivity index (χ1) is 9.09. The zero-order chi connectivity index (χ0) is 13.6. The SMILES string of the molecule is Nc1nc2ccc(F)c(F)c2n1C1CCCNC1=O. The lowest BCUT2D eigenvalue weighted by Gasteiger charge is -2.24. The first-order valence-corrected chi connectivity index (χ1v) is 5.98. The standard InChI is InChI=1S/C12H12F2N4O/c13-6-3-4-7-10(9(6)14)18(12(15)17-7)8-2-1-5-16-11(8)19/h3-4,8H,1-2,5H2,(H2,15,17)(H,16,19). The molecule has 0 aliphatic carbocycles. The molecule has 1 aromatic carbocycles. The van der Waals surface area contributed by atoms with Crippen molar-refractivity contribution >= 4 is 22.9 Å². The van der Waals surface area contributed by atoms with E-state index in [1.165, 1.54) is 10.6 Å². The number of imidazole rings is 1. The van der Waals surface area contributed by atoms with E-state index in [2.05, 4.69) is 10.3 Å². The Balaban J connectivity index is 2.24. The molecule has 1 aliphatic rings. The minimum atomic E-state index is -1.03. The van der Waals surface area contributed by atoms with Crippen molar-refractivity contribution in [2.24, 2.45) is 0 Å². The minimum absolute atomic E-state index is 0.0153. The van der Waals surface area contributed by atoms with E-state index < -0.39 is 17.7 Å². The van der Waals surface area contributed by atoms with Crippen LogP contribution in [-0.2, 0) is 4.79 Å². The Bertz CT molecular complexity index is 667. The van der Waals surface area contributed by atoms with Gasteiger partial charge in [-0.2, -0.15) is 0 Å². The number of amides is 1. The number of piperidine rings is 1. The van der Waals surface area contributed by atoms with Crippen LogP contribution in [-0.4, -0.2) is 22.0 Å². The molecule has 2 aromatic rings. The molecule has 3 rings (SSSR count). The van der Waals surface area contributed by atoms with Crippen molar-refractivity contribution in [3.63, 3.8) is 0 Å². The number of nitrogens with one attached hydrogen (secondary N) is 1. The molecule has 1 fully saturated rings. The highest BCUT2D eigenvalue weighted by molar-refractivity contribution is 5.86. The third kappa shape index (κ3) is 1.73. The highest BCUT2D eigenvalue weighted by atomic mass is 19.2. The second-order valence-electron chi connectivity index (χ2n) is 4.52. The number of halogens is 2. The second kappa shape index (κ2) is 4.18. The van der Waals surface area contributed by atoms with Crippen LogP contribution in [0.1, 0.15) is 18.9 Å². The van der Waals surface area contributed by atoms with Crippen LogP contribution in [0.5, 0.6) is 0 Å². The highest BCUT2D eigenvalue weighted by Gasteiger charge is 2.29. The number of anilines is 1.